The molecule has 20 heavy (non-hydrogen) atoms. The van der Waals surface area contributed by atoms with E-state index in [1.807, 2.05) is 4.72 Å². The topological polar surface area (TPSA) is 159 Å². The maximum Gasteiger partial charge on any atom is 0.291 e. The van der Waals surface area contributed by atoms with Crippen LogP contribution < -0.4 is 10.5 Å². The SMILES string of the molecule is Cn1nnc(NS(=O)(=O)c2ccc(N)cc2[N+](=O)[O-])n1. The van der Waals surface area contributed by atoms with Gasteiger partial charge in [-0.3, -0.25) is 10.1 Å². The van der Waals surface area contributed by atoms with Crippen molar-refractivity contribution in [1.82, 2.24) is 20.2 Å². The summed E-state index contributed by atoms with van der Waals surface area (Å²) in [5, 5.41) is 21.4. The highest BCUT2D eigenvalue weighted by atomic mass is 32.2. The highest BCUT2D eigenvalue weighted by molar-refractivity contribution is 7.92. The molecule has 106 valence electrons. The lowest BCUT2D eigenvalue weighted by Crippen LogP contribution is -2.16. The van der Waals surface area contributed by atoms with Crippen molar-refractivity contribution in [1.29, 1.82) is 0 Å². The summed E-state index contributed by atoms with van der Waals surface area (Å²) < 4.78 is 26.1. The Morgan fingerprint density at radius 2 is 2.15 bits per heavy atom. The highest BCUT2D eigenvalue weighted by Gasteiger charge is 2.27. The number of nitrogens with two attached hydrogens (primary N) is 1. The van der Waals surface area contributed by atoms with Crippen molar-refractivity contribution in [3.8, 4) is 0 Å². The zero-order chi connectivity index (χ0) is 14.9. The van der Waals surface area contributed by atoms with Gasteiger partial charge in [0.1, 0.15) is 0 Å². The van der Waals surface area contributed by atoms with E-state index in [4.69, 9.17) is 5.73 Å². The third-order valence-corrected chi connectivity index (χ3v) is 3.58. The minimum atomic E-state index is -4.22. The number of anilines is 2. The normalized spacial score (nSPS) is 11.2. The minimum Gasteiger partial charge on any atom is -0.399 e. The van der Waals surface area contributed by atoms with E-state index in [9.17, 15) is 18.5 Å². The van der Waals surface area contributed by atoms with Crippen molar-refractivity contribution in [3.05, 3.63) is 28.3 Å². The molecule has 0 bridgehead atoms. The monoisotopic (exact) mass is 299 g/mol. The molecule has 1 aromatic heterocycles. The van der Waals surface area contributed by atoms with Crippen LogP contribution in [0.2, 0.25) is 0 Å². The van der Waals surface area contributed by atoms with Gasteiger partial charge in [-0.1, -0.05) is 5.10 Å². The van der Waals surface area contributed by atoms with Gasteiger partial charge in [0.25, 0.3) is 21.7 Å². The average Bonchev–Trinajstić information content (AvgIpc) is 2.73. The zero-order valence-corrected chi connectivity index (χ0v) is 10.9. The number of hydrogen-bond acceptors (Lipinski definition) is 8. The molecule has 0 saturated heterocycles. The van der Waals surface area contributed by atoms with Crippen LogP contribution >= 0.6 is 0 Å². The number of aromatic nitrogens is 4. The number of nitrogens with one attached hydrogen (secondary N) is 1. The van der Waals surface area contributed by atoms with Gasteiger partial charge in [0.2, 0.25) is 0 Å². The molecule has 0 aliphatic heterocycles. The molecular formula is C8H9N7O4S. The molecule has 0 unspecified atom stereocenters. The fourth-order valence-electron chi connectivity index (χ4n) is 1.40. The van der Waals surface area contributed by atoms with E-state index in [-0.39, 0.29) is 11.6 Å². The standard InChI is InChI=1S/C8H9N7O4S/c1-14-11-8(10-13-14)12-20(18,19)7-3-2-5(9)4-6(7)15(16)17/h2-4H,9H2,1H3,(H,11,12). The lowest BCUT2D eigenvalue weighted by molar-refractivity contribution is -0.387. The maximum atomic E-state index is 12.1. The van der Waals surface area contributed by atoms with E-state index in [0.29, 0.717) is 0 Å². The number of benzene rings is 1. The lowest BCUT2D eigenvalue weighted by Gasteiger charge is -2.05. The van der Waals surface area contributed by atoms with Gasteiger partial charge in [0.05, 0.1) is 12.0 Å². The van der Waals surface area contributed by atoms with E-state index < -0.39 is 25.5 Å². The van der Waals surface area contributed by atoms with Crippen molar-refractivity contribution >= 4 is 27.3 Å². The number of nitro benzene ring substituents is 1. The Kier molecular flexibility index (Phi) is 3.23. The Morgan fingerprint density at radius 3 is 2.70 bits per heavy atom. The Morgan fingerprint density at radius 1 is 1.45 bits per heavy atom. The number of nitrogens with zero attached hydrogens (tertiary/aromatic N) is 5. The van der Waals surface area contributed by atoms with Crippen LogP contribution in [0.4, 0.5) is 17.3 Å². The van der Waals surface area contributed by atoms with Gasteiger partial charge in [-0.25, -0.2) is 13.1 Å². The van der Waals surface area contributed by atoms with Crippen molar-refractivity contribution in [3.63, 3.8) is 0 Å². The first-order valence-corrected chi connectivity index (χ1v) is 6.58. The first kappa shape index (κ1) is 13.7. The molecule has 0 atom stereocenters. The van der Waals surface area contributed by atoms with Gasteiger partial charge in [0, 0.05) is 11.8 Å². The quantitative estimate of drug-likeness (QED) is 0.434. The van der Waals surface area contributed by atoms with Gasteiger partial charge in [-0.15, -0.1) is 5.10 Å². The minimum absolute atomic E-state index is 0.0771. The average molecular weight is 299 g/mol. The summed E-state index contributed by atoms with van der Waals surface area (Å²) in [4.78, 5) is 10.5. The van der Waals surface area contributed by atoms with Crippen molar-refractivity contribution < 1.29 is 13.3 Å². The van der Waals surface area contributed by atoms with Crippen LogP contribution in [0.5, 0.6) is 0 Å². The van der Waals surface area contributed by atoms with Crippen LogP contribution in [-0.2, 0) is 17.1 Å². The van der Waals surface area contributed by atoms with E-state index in [0.717, 1.165) is 16.9 Å². The summed E-state index contributed by atoms with van der Waals surface area (Å²) in [6.45, 7) is 0. The fraction of sp³-hybridized carbons (Fsp3) is 0.125. The van der Waals surface area contributed by atoms with E-state index in [1.54, 1.807) is 0 Å². The summed E-state index contributed by atoms with van der Waals surface area (Å²) >= 11 is 0. The molecule has 0 radical (unpaired) electrons. The Hall–Kier alpha value is -2.76. The fourth-order valence-corrected chi connectivity index (χ4v) is 2.49. The maximum absolute atomic E-state index is 12.1. The predicted molar refractivity (Wildman–Crippen MR) is 67.1 cm³/mol. The number of sulfonamides is 1. The molecule has 2 rings (SSSR count). The zero-order valence-electron chi connectivity index (χ0n) is 10.1. The summed E-state index contributed by atoms with van der Waals surface area (Å²) in [7, 11) is -2.78. The van der Waals surface area contributed by atoms with E-state index in [1.165, 1.54) is 13.1 Å². The van der Waals surface area contributed by atoms with Crippen molar-refractivity contribution in [2.75, 3.05) is 10.5 Å². The van der Waals surface area contributed by atoms with Crippen LogP contribution in [0.1, 0.15) is 0 Å². The predicted octanol–water partition coefficient (Wildman–Crippen LogP) is -0.499. The third kappa shape index (κ3) is 2.64. The molecule has 2 aromatic rings. The molecule has 3 N–H and O–H groups in total. The van der Waals surface area contributed by atoms with Crippen LogP contribution in [-0.4, -0.2) is 33.5 Å². The Balaban J connectivity index is 2.46. The molecule has 0 aliphatic carbocycles. The Bertz CT molecular complexity index is 769. The molecule has 12 heteroatoms. The van der Waals surface area contributed by atoms with Crippen LogP contribution in [0.3, 0.4) is 0 Å². The number of nitrogen functional groups attached to an aromatic ring is 1. The smallest absolute Gasteiger partial charge is 0.291 e. The largest absolute Gasteiger partial charge is 0.399 e. The van der Waals surface area contributed by atoms with E-state index >= 15 is 0 Å². The van der Waals surface area contributed by atoms with Crippen molar-refractivity contribution in [2.24, 2.45) is 7.05 Å². The first-order valence-electron chi connectivity index (χ1n) is 5.10. The summed E-state index contributed by atoms with van der Waals surface area (Å²) in [5.41, 5.74) is 4.85. The number of hydrogen-bond donors (Lipinski definition) is 2. The molecule has 1 aromatic carbocycles. The second kappa shape index (κ2) is 4.73. The number of aryl methyl sites for hydroxylation is 1. The molecule has 1 heterocycles. The van der Waals surface area contributed by atoms with Crippen molar-refractivity contribution in [2.45, 2.75) is 4.90 Å². The summed E-state index contributed by atoms with van der Waals surface area (Å²) in [6.07, 6.45) is 0. The van der Waals surface area contributed by atoms with Gasteiger partial charge in [0.15, 0.2) is 4.90 Å². The van der Waals surface area contributed by atoms with Gasteiger partial charge in [-0.2, -0.15) is 4.80 Å². The summed E-state index contributed by atoms with van der Waals surface area (Å²) in [6, 6.07) is 3.23. The number of tetrazole rings is 1. The van der Waals surface area contributed by atoms with Gasteiger partial charge < -0.3 is 5.73 Å². The van der Waals surface area contributed by atoms with E-state index in [2.05, 4.69) is 15.4 Å². The lowest BCUT2D eigenvalue weighted by atomic mass is 10.3. The van der Waals surface area contributed by atoms with Gasteiger partial charge in [-0.05, 0) is 17.3 Å². The number of rotatable bonds is 4. The van der Waals surface area contributed by atoms with Crippen LogP contribution in [0, 0.1) is 10.1 Å². The Labute approximate surface area is 112 Å². The molecule has 11 nitrogen and oxygen atoms in total. The summed E-state index contributed by atoms with van der Waals surface area (Å²) in [5.74, 6) is -0.293. The molecular weight excluding hydrogens is 290 g/mol. The second-order valence-electron chi connectivity index (χ2n) is 3.69. The van der Waals surface area contributed by atoms with Gasteiger partial charge >= 0.3 is 0 Å². The van der Waals surface area contributed by atoms with Crippen LogP contribution in [0.25, 0.3) is 0 Å². The molecule has 0 amide bonds. The molecule has 0 saturated carbocycles. The third-order valence-electron chi connectivity index (χ3n) is 2.20. The number of nitro groups is 1. The second-order valence-corrected chi connectivity index (χ2v) is 5.34. The molecule has 0 spiro atoms. The highest BCUT2D eigenvalue weighted by Crippen LogP contribution is 2.26. The van der Waals surface area contributed by atoms with Crippen LogP contribution in [0.15, 0.2) is 23.1 Å². The molecule has 0 fully saturated rings. The molecule has 0 aliphatic rings. The first-order chi connectivity index (χ1) is 9.29.